The van der Waals surface area contributed by atoms with E-state index in [0.29, 0.717) is 18.4 Å². The molecule has 1 saturated carbocycles. The number of H-pyrrole nitrogens is 1. The summed E-state index contributed by atoms with van der Waals surface area (Å²) in [6, 6.07) is 3.75. The van der Waals surface area contributed by atoms with Gasteiger partial charge in [0.25, 0.3) is 11.5 Å². The number of alkyl halides is 1. The Labute approximate surface area is 191 Å². The maximum absolute atomic E-state index is 14.0. The Balaban J connectivity index is 1.65. The maximum atomic E-state index is 14.0. The molecule has 3 heterocycles. The van der Waals surface area contributed by atoms with Crippen molar-refractivity contribution in [2.24, 2.45) is 7.05 Å². The van der Waals surface area contributed by atoms with Gasteiger partial charge >= 0.3 is 5.69 Å². The number of sulfonamides is 1. The summed E-state index contributed by atoms with van der Waals surface area (Å²) in [5.41, 5.74) is -2.03. The van der Waals surface area contributed by atoms with E-state index in [1.54, 1.807) is 13.2 Å². The number of nitrogens with zero attached hydrogens (tertiary/aromatic N) is 6. The van der Waals surface area contributed by atoms with E-state index in [4.69, 9.17) is 4.52 Å². The molecule has 0 aliphatic heterocycles. The van der Waals surface area contributed by atoms with Crippen LogP contribution in [0.2, 0.25) is 0 Å². The van der Waals surface area contributed by atoms with E-state index in [-0.39, 0.29) is 34.2 Å². The van der Waals surface area contributed by atoms with Gasteiger partial charge in [-0.2, -0.15) is 14.4 Å². The first kappa shape index (κ1) is 22.2. The van der Waals surface area contributed by atoms with Gasteiger partial charge in [-0.15, -0.1) is 0 Å². The Morgan fingerprint density at radius 2 is 2.06 bits per heavy atom. The highest BCUT2D eigenvalue weighted by molar-refractivity contribution is 7.89. The lowest BCUT2D eigenvalue weighted by Crippen LogP contribution is -2.43. The van der Waals surface area contributed by atoms with Crippen LogP contribution in [0.1, 0.15) is 24.3 Å². The minimum absolute atomic E-state index is 0.0733. The molecular weight excluding hydrogens is 469 g/mol. The molecule has 1 N–H and O–H groups in total. The van der Waals surface area contributed by atoms with Gasteiger partial charge in [-0.05, 0) is 36.2 Å². The van der Waals surface area contributed by atoms with Crippen molar-refractivity contribution in [2.45, 2.75) is 36.7 Å². The van der Waals surface area contributed by atoms with E-state index < -0.39 is 33.5 Å². The summed E-state index contributed by atoms with van der Waals surface area (Å²) in [5.74, 6) is 0.0966. The standard InChI is InChI=1S/C20H20FN7O5S/c1-12-23-18(25-33-12)28-16-4-3-14(7-15(16)17(29)24-19(28)30)34(31,32)27(20(11-21)5-6-20)10-13-8-22-26(2)9-13/h3-4,7-9H,5-6,10-11H2,1-2H3,(H,24,29,30). The van der Waals surface area contributed by atoms with E-state index in [2.05, 4.69) is 20.2 Å². The second-order valence-corrected chi connectivity index (χ2v) is 10.1. The predicted molar refractivity (Wildman–Crippen MR) is 117 cm³/mol. The lowest BCUT2D eigenvalue weighted by Gasteiger charge is -2.29. The van der Waals surface area contributed by atoms with E-state index in [9.17, 15) is 22.4 Å². The van der Waals surface area contributed by atoms with Crippen LogP contribution in [0.15, 0.2) is 49.6 Å². The second-order valence-electron chi connectivity index (χ2n) is 8.28. The Hall–Kier alpha value is -3.65. The zero-order valence-electron chi connectivity index (χ0n) is 18.2. The fourth-order valence-corrected chi connectivity index (χ4v) is 5.73. The van der Waals surface area contributed by atoms with Crippen molar-refractivity contribution in [3.05, 3.63) is 62.9 Å². The monoisotopic (exact) mass is 489 g/mol. The highest BCUT2D eigenvalue weighted by Crippen LogP contribution is 2.46. The smallest absolute Gasteiger partial charge is 0.335 e. The van der Waals surface area contributed by atoms with Crippen LogP contribution >= 0.6 is 0 Å². The van der Waals surface area contributed by atoms with Crippen molar-refractivity contribution in [1.82, 2.24) is 33.8 Å². The van der Waals surface area contributed by atoms with Crippen molar-refractivity contribution in [3.63, 3.8) is 0 Å². The topological polar surface area (TPSA) is 149 Å². The van der Waals surface area contributed by atoms with E-state index in [1.807, 2.05) is 0 Å². The molecule has 1 aliphatic carbocycles. The minimum atomic E-state index is -4.22. The summed E-state index contributed by atoms with van der Waals surface area (Å²) in [6.07, 6.45) is 3.95. The molecule has 1 aliphatic rings. The molecule has 178 valence electrons. The SMILES string of the molecule is Cc1nc(-n2c(=O)[nH]c(=O)c3cc(S(=O)(=O)N(Cc4cnn(C)c4)C4(CF)CC4)ccc32)no1. The van der Waals surface area contributed by atoms with Gasteiger partial charge < -0.3 is 4.52 Å². The second kappa shape index (κ2) is 7.70. The Morgan fingerprint density at radius 1 is 1.29 bits per heavy atom. The molecule has 4 aromatic rings. The maximum Gasteiger partial charge on any atom is 0.335 e. The zero-order valence-corrected chi connectivity index (χ0v) is 19.0. The Bertz CT molecular complexity index is 1630. The highest BCUT2D eigenvalue weighted by Gasteiger charge is 2.53. The molecule has 0 saturated heterocycles. The van der Waals surface area contributed by atoms with Crippen molar-refractivity contribution in [3.8, 4) is 5.95 Å². The molecule has 0 amide bonds. The number of hydrogen-bond acceptors (Lipinski definition) is 8. The molecular formula is C20H20FN7O5S. The van der Waals surface area contributed by atoms with Crippen LogP contribution in [0, 0.1) is 6.92 Å². The molecule has 34 heavy (non-hydrogen) atoms. The largest absolute Gasteiger partial charge is 0.338 e. The summed E-state index contributed by atoms with van der Waals surface area (Å²) >= 11 is 0. The van der Waals surface area contributed by atoms with Gasteiger partial charge in [-0.25, -0.2) is 22.2 Å². The van der Waals surface area contributed by atoms with Gasteiger partial charge in [0.2, 0.25) is 15.9 Å². The fraction of sp³-hybridized carbons (Fsp3) is 0.350. The van der Waals surface area contributed by atoms with Gasteiger partial charge in [-0.1, -0.05) is 0 Å². The number of aromatic amines is 1. The van der Waals surface area contributed by atoms with Crippen LogP contribution in [-0.4, -0.2) is 54.4 Å². The van der Waals surface area contributed by atoms with Crippen molar-refractivity contribution in [1.29, 1.82) is 0 Å². The number of benzene rings is 1. The first-order chi connectivity index (χ1) is 16.1. The van der Waals surface area contributed by atoms with E-state index >= 15 is 0 Å². The summed E-state index contributed by atoms with van der Waals surface area (Å²) in [4.78, 5) is 31.0. The van der Waals surface area contributed by atoms with Crippen LogP contribution < -0.4 is 11.2 Å². The summed E-state index contributed by atoms with van der Waals surface area (Å²) in [5, 5.41) is 7.69. The summed E-state index contributed by atoms with van der Waals surface area (Å²) in [7, 11) is -2.52. The van der Waals surface area contributed by atoms with Crippen LogP contribution in [0.25, 0.3) is 16.9 Å². The molecule has 0 bridgehead atoms. The molecule has 14 heteroatoms. The third kappa shape index (κ3) is 3.54. The van der Waals surface area contributed by atoms with Crippen LogP contribution in [0.5, 0.6) is 0 Å². The third-order valence-corrected chi connectivity index (χ3v) is 7.82. The quantitative estimate of drug-likeness (QED) is 0.401. The number of aryl methyl sites for hydroxylation is 2. The van der Waals surface area contributed by atoms with Gasteiger partial charge in [0.15, 0.2) is 0 Å². The number of aromatic nitrogens is 6. The predicted octanol–water partition coefficient (Wildman–Crippen LogP) is 0.797. The number of fused-ring (bicyclic) bond motifs is 1. The molecule has 3 aromatic heterocycles. The van der Waals surface area contributed by atoms with Gasteiger partial charge in [-0.3, -0.25) is 14.5 Å². The number of nitrogens with one attached hydrogen (secondary N) is 1. The fourth-order valence-electron chi connectivity index (χ4n) is 3.91. The molecule has 0 spiro atoms. The van der Waals surface area contributed by atoms with E-state index in [1.165, 1.54) is 29.9 Å². The van der Waals surface area contributed by atoms with Crippen LogP contribution in [-0.2, 0) is 23.6 Å². The van der Waals surface area contributed by atoms with Crippen molar-refractivity contribution >= 4 is 20.9 Å². The zero-order chi connectivity index (χ0) is 24.3. The van der Waals surface area contributed by atoms with Crippen LogP contribution in [0.4, 0.5) is 4.39 Å². The van der Waals surface area contributed by atoms with Gasteiger partial charge in [0, 0.05) is 32.3 Å². The first-order valence-corrected chi connectivity index (χ1v) is 11.7. The normalized spacial score (nSPS) is 15.3. The van der Waals surface area contributed by atoms with Gasteiger partial charge in [0.1, 0.15) is 6.67 Å². The third-order valence-electron chi connectivity index (χ3n) is 5.87. The molecule has 0 unspecified atom stereocenters. The van der Waals surface area contributed by atoms with Crippen LogP contribution in [0.3, 0.4) is 0 Å². The molecule has 0 radical (unpaired) electrons. The highest BCUT2D eigenvalue weighted by atomic mass is 32.2. The molecule has 1 aromatic carbocycles. The number of rotatable bonds is 7. The average Bonchev–Trinajstić information content (AvgIpc) is 3.30. The number of hydrogen-bond donors (Lipinski definition) is 1. The summed E-state index contributed by atoms with van der Waals surface area (Å²) < 4.78 is 50.0. The first-order valence-electron chi connectivity index (χ1n) is 10.3. The number of halogens is 1. The lowest BCUT2D eigenvalue weighted by atomic mass is 10.2. The Morgan fingerprint density at radius 3 is 2.65 bits per heavy atom. The van der Waals surface area contributed by atoms with Gasteiger partial charge in [0.05, 0.1) is 27.5 Å². The minimum Gasteiger partial charge on any atom is -0.338 e. The average molecular weight is 489 g/mol. The Kier molecular flexibility index (Phi) is 5.02. The van der Waals surface area contributed by atoms with Crippen molar-refractivity contribution < 1.29 is 17.3 Å². The molecule has 5 rings (SSSR count). The lowest BCUT2D eigenvalue weighted by molar-refractivity contribution is 0.237. The molecule has 1 fully saturated rings. The van der Waals surface area contributed by atoms with Crippen molar-refractivity contribution in [2.75, 3.05) is 6.67 Å². The molecule has 12 nitrogen and oxygen atoms in total. The van der Waals surface area contributed by atoms with E-state index in [0.717, 1.165) is 14.9 Å². The molecule has 0 atom stereocenters. The summed E-state index contributed by atoms with van der Waals surface area (Å²) in [6.45, 7) is 0.628.